The number of carbonyl (C=O) groups is 2. The Hall–Kier alpha value is -1.81. The van der Waals surface area contributed by atoms with Gasteiger partial charge in [-0.1, -0.05) is 17.8 Å². The van der Waals surface area contributed by atoms with Crippen LogP contribution in [0.4, 0.5) is 8.78 Å². The molecule has 2 rings (SSSR count). The maximum Gasteiger partial charge on any atom is 0.526 e. The van der Waals surface area contributed by atoms with E-state index in [1.165, 1.54) is 13.2 Å². The topological polar surface area (TPSA) is 93.1 Å². The Balaban J connectivity index is 2.17. The summed E-state index contributed by atoms with van der Waals surface area (Å²) in [4.78, 5) is 23.1. The molecule has 6 nitrogen and oxygen atoms in total. The summed E-state index contributed by atoms with van der Waals surface area (Å²) in [6.45, 7) is 0. The third kappa shape index (κ3) is 4.18. The monoisotopic (exact) mass is 360 g/mol. The number of thioether (sulfide) groups is 1. The van der Waals surface area contributed by atoms with Crippen LogP contribution in [0.2, 0.25) is 5.82 Å². The van der Waals surface area contributed by atoms with Crippen LogP contribution in [0.1, 0.15) is 22.3 Å². The molecule has 1 heterocycles. The van der Waals surface area contributed by atoms with Gasteiger partial charge in [0.1, 0.15) is 22.8 Å². The fraction of sp³-hybridized carbons (Fsp3) is 0.429. The molecule has 0 amide bonds. The largest absolute Gasteiger partial charge is 0.535 e. The van der Waals surface area contributed by atoms with E-state index in [2.05, 4.69) is 0 Å². The van der Waals surface area contributed by atoms with Crippen molar-refractivity contribution in [1.82, 2.24) is 0 Å². The predicted molar refractivity (Wildman–Crippen MR) is 84.1 cm³/mol. The van der Waals surface area contributed by atoms with Gasteiger partial charge in [-0.2, -0.15) is 8.78 Å². The molecule has 24 heavy (non-hydrogen) atoms. The molecule has 0 radical (unpaired) electrons. The van der Waals surface area contributed by atoms with Crippen molar-refractivity contribution in [2.24, 2.45) is 0 Å². The normalized spacial score (nSPS) is 16.5. The zero-order valence-corrected chi connectivity index (χ0v) is 13.5. The first-order valence-electron chi connectivity index (χ1n) is 7.02. The minimum absolute atomic E-state index is 0.00000407. The third-order valence-electron chi connectivity index (χ3n) is 3.62. The van der Waals surface area contributed by atoms with E-state index < -0.39 is 30.4 Å². The molecule has 0 spiro atoms. The van der Waals surface area contributed by atoms with Crippen LogP contribution in [0.25, 0.3) is 0 Å². The van der Waals surface area contributed by atoms with E-state index in [9.17, 15) is 28.5 Å². The van der Waals surface area contributed by atoms with Crippen LogP contribution in [0.3, 0.4) is 0 Å². The highest BCUT2D eigenvalue weighted by molar-refractivity contribution is 8.00. The van der Waals surface area contributed by atoms with E-state index in [1.807, 2.05) is 0 Å². The summed E-state index contributed by atoms with van der Waals surface area (Å²) >= 11 is 0.227. The van der Waals surface area contributed by atoms with Crippen molar-refractivity contribution in [2.75, 3.05) is 12.9 Å². The van der Waals surface area contributed by atoms with Crippen LogP contribution in [-0.4, -0.2) is 47.6 Å². The van der Waals surface area contributed by atoms with Crippen molar-refractivity contribution in [3.63, 3.8) is 0 Å². The molecule has 1 atom stereocenters. The van der Waals surface area contributed by atoms with Crippen LogP contribution in [0.5, 0.6) is 11.5 Å². The van der Waals surface area contributed by atoms with Gasteiger partial charge < -0.3 is 19.5 Å². The Kier molecular flexibility index (Phi) is 6.06. The van der Waals surface area contributed by atoms with E-state index in [0.29, 0.717) is 5.56 Å². The molecule has 0 fully saturated rings. The number of carboxylic acid groups (broad SMARTS) is 1. The summed E-state index contributed by atoms with van der Waals surface area (Å²) in [5, 5.41) is 19.4. The number of aromatic carboxylic acids is 1. The van der Waals surface area contributed by atoms with E-state index in [4.69, 9.17) is 9.39 Å². The van der Waals surface area contributed by atoms with Gasteiger partial charge in [-0.3, -0.25) is 4.79 Å². The number of Topliss-reactive ketones (excluding diaryl/α,β-unsaturated/α-hetero) is 1. The van der Waals surface area contributed by atoms with E-state index in [0.717, 1.165) is 0 Å². The van der Waals surface area contributed by atoms with Crippen LogP contribution >= 0.6 is 11.8 Å². The van der Waals surface area contributed by atoms with Crippen LogP contribution in [0, 0.1) is 0 Å². The quantitative estimate of drug-likeness (QED) is 0.720. The molecule has 0 unspecified atom stereocenters. The first kappa shape index (κ1) is 18.5. The summed E-state index contributed by atoms with van der Waals surface area (Å²) in [5.41, 5.74) is 0.310. The van der Waals surface area contributed by atoms with Gasteiger partial charge in [-0.05, 0) is 18.1 Å². The van der Waals surface area contributed by atoms with Gasteiger partial charge in [0.15, 0.2) is 0 Å². The van der Waals surface area contributed by atoms with Crippen molar-refractivity contribution < 1.29 is 37.9 Å². The Morgan fingerprint density at radius 1 is 1.50 bits per heavy atom. The number of halogens is 2. The van der Waals surface area contributed by atoms with Crippen molar-refractivity contribution in [3.05, 3.63) is 23.3 Å². The molecular formula is C14H15BF2O6S. The molecule has 0 bridgehead atoms. The molecule has 2 N–H and O–H groups in total. The number of rotatable bonds is 7. The number of hydrogen-bond acceptors (Lipinski definition) is 6. The molecule has 1 aliphatic heterocycles. The summed E-state index contributed by atoms with van der Waals surface area (Å²) in [6, 6.07) is 3.06. The maximum atomic E-state index is 12.1. The molecule has 0 aromatic heterocycles. The first-order valence-corrected chi connectivity index (χ1v) is 8.07. The lowest BCUT2D eigenvalue weighted by molar-refractivity contribution is -0.116. The second-order valence-electron chi connectivity index (χ2n) is 5.22. The fourth-order valence-electron chi connectivity index (χ4n) is 2.56. The number of ether oxygens (including phenoxy) is 1. The first-order chi connectivity index (χ1) is 11.3. The third-order valence-corrected chi connectivity index (χ3v) is 4.36. The van der Waals surface area contributed by atoms with Crippen molar-refractivity contribution >= 4 is 30.6 Å². The molecule has 0 aliphatic carbocycles. The molecular weight excluding hydrogens is 345 g/mol. The maximum absolute atomic E-state index is 12.1. The van der Waals surface area contributed by atoms with Gasteiger partial charge in [0.2, 0.25) is 0 Å². The lowest BCUT2D eigenvalue weighted by Crippen LogP contribution is -2.36. The van der Waals surface area contributed by atoms with Gasteiger partial charge in [0, 0.05) is 12.2 Å². The van der Waals surface area contributed by atoms with Gasteiger partial charge >= 0.3 is 13.1 Å². The lowest BCUT2D eigenvalue weighted by atomic mass is 9.64. The SMILES string of the molecule is COc1ccc2c(c1C(=O)O)OB(O)[C@@H](CC(=O)CSC(F)F)C2. The molecule has 1 aliphatic rings. The number of carbonyl (C=O) groups excluding carboxylic acids is 1. The Morgan fingerprint density at radius 2 is 2.21 bits per heavy atom. The number of benzene rings is 1. The summed E-state index contributed by atoms with van der Waals surface area (Å²) in [5.74, 6) is -5.21. The van der Waals surface area contributed by atoms with Gasteiger partial charge in [-0.25, -0.2) is 4.79 Å². The van der Waals surface area contributed by atoms with E-state index in [-0.39, 0.29) is 47.4 Å². The smallest absolute Gasteiger partial charge is 0.526 e. The van der Waals surface area contributed by atoms with Crippen LogP contribution in [0.15, 0.2) is 12.1 Å². The molecule has 0 saturated heterocycles. The highest BCUT2D eigenvalue weighted by Crippen LogP contribution is 2.40. The highest BCUT2D eigenvalue weighted by Gasteiger charge is 2.38. The summed E-state index contributed by atoms with van der Waals surface area (Å²) in [7, 11) is -0.0848. The number of carboxylic acids is 1. The van der Waals surface area contributed by atoms with Gasteiger partial charge in [-0.15, -0.1) is 0 Å². The van der Waals surface area contributed by atoms with E-state index in [1.54, 1.807) is 6.07 Å². The Labute approximate surface area is 141 Å². The minimum Gasteiger partial charge on any atom is -0.535 e. The number of alkyl halides is 2. The number of methoxy groups -OCH3 is 1. The zero-order valence-electron chi connectivity index (χ0n) is 12.7. The van der Waals surface area contributed by atoms with Crippen molar-refractivity contribution in [1.29, 1.82) is 0 Å². The van der Waals surface area contributed by atoms with Crippen LogP contribution in [-0.2, 0) is 11.2 Å². The predicted octanol–water partition coefficient (Wildman–Crippen LogP) is 2.09. The lowest BCUT2D eigenvalue weighted by Gasteiger charge is -2.28. The minimum atomic E-state index is -2.63. The van der Waals surface area contributed by atoms with Crippen molar-refractivity contribution in [3.8, 4) is 11.5 Å². The molecule has 10 heteroatoms. The average Bonchev–Trinajstić information content (AvgIpc) is 2.52. The number of fused-ring (bicyclic) bond motifs is 1. The second-order valence-corrected chi connectivity index (χ2v) is 6.20. The Morgan fingerprint density at radius 3 is 2.79 bits per heavy atom. The summed E-state index contributed by atoms with van der Waals surface area (Å²) in [6.07, 6.45) is 0.0701. The summed E-state index contributed by atoms with van der Waals surface area (Å²) < 4.78 is 34.5. The Bertz CT molecular complexity index is 642. The van der Waals surface area contributed by atoms with Crippen molar-refractivity contribution in [2.45, 2.75) is 24.4 Å². The number of hydrogen-bond donors (Lipinski definition) is 2. The van der Waals surface area contributed by atoms with E-state index >= 15 is 0 Å². The number of ketones is 1. The standard InChI is InChI=1S/C14H15BF2O6S/c1-22-10-3-2-7-4-8(5-9(18)6-24-14(16)17)15(21)23-12(7)11(10)13(19)20/h2-3,8,14,21H,4-6H2,1H3,(H,19,20)/t8-/m1/s1. The fourth-order valence-corrected chi connectivity index (χ4v) is 2.99. The second kappa shape index (κ2) is 7.84. The molecule has 1 aromatic rings. The highest BCUT2D eigenvalue weighted by atomic mass is 32.2. The average molecular weight is 360 g/mol. The zero-order chi connectivity index (χ0) is 17.9. The van der Waals surface area contributed by atoms with Gasteiger partial charge in [0.25, 0.3) is 5.76 Å². The molecule has 130 valence electrons. The van der Waals surface area contributed by atoms with Gasteiger partial charge in [0.05, 0.1) is 12.9 Å². The molecule has 0 saturated carbocycles. The van der Waals surface area contributed by atoms with Crippen LogP contribution < -0.4 is 9.39 Å². The molecule has 1 aromatic carbocycles.